The zero-order valence-electron chi connectivity index (χ0n) is 12.4. The Morgan fingerprint density at radius 3 is 2.28 bits per heavy atom. The maximum atomic E-state index is 12.5. The molecule has 0 aliphatic heterocycles. The third kappa shape index (κ3) is 3.47. The van der Waals surface area contributed by atoms with E-state index in [4.69, 9.17) is 5.11 Å². The Balaban J connectivity index is 2.71. The van der Waals surface area contributed by atoms with E-state index in [-0.39, 0.29) is 29.4 Å². The molecule has 0 aromatic rings. The monoisotopic (exact) mass is 255 g/mol. The van der Waals surface area contributed by atoms with Crippen molar-refractivity contribution in [2.75, 3.05) is 6.61 Å². The molecule has 1 fully saturated rings. The van der Waals surface area contributed by atoms with Crippen molar-refractivity contribution < 1.29 is 9.90 Å². The maximum absolute atomic E-state index is 12.5. The van der Waals surface area contributed by atoms with E-state index >= 15 is 0 Å². The lowest BCUT2D eigenvalue weighted by Gasteiger charge is -2.35. The predicted octanol–water partition coefficient (Wildman–Crippen LogP) is 2.87. The van der Waals surface area contributed by atoms with Crippen molar-refractivity contribution in [2.45, 2.75) is 72.3 Å². The smallest absolute Gasteiger partial charge is 0.226 e. The molecule has 1 saturated carbocycles. The van der Waals surface area contributed by atoms with E-state index < -0.39 is 0 Å². The number of rotatable bonds is 5. The van der Waals surface area contributed by atoms with E-state index in [1.807, 2.05) is 0 Å². The summed E-state index contributed by atoms with van der Waals surface area (Å²) in [7, 11) is 0. The van der Waals surface area contributed by atoms with Crippen LogP contribution in [-0.4, -0.2) is 23.7 Å². The fourth-order valence-electron chi connectivity index (χ4n) is 2.96. The lowest BCUT2D eigenvalue weighted by molar-refractivity contribution is -0.132. The molecule has 0 radical (unpaired) electrons. The summed E-state index contributed by atoms with van der Waals surface area (Å²) in [6.07, 6.45) is 5.93. The fourth-order valence-corrected chi connectivity index (χ4v) is 2.96. The highest BCUT2D eigenvalue weighted by molar-refractivity contribution is 5.83. The van der Waals surface area contributed by atoms with Crippen molar-refractivity contribution in [3.05, 3.63) is 0 Å². The van der Waals surface area contributed by atoms with E-state index in [0.717, 1.165) is 19.3 Å². The Hall–Kier alpha value is -0.570. The van der Waals surface area contributed by atoms with Crippen LogP contribution in [0.3, 0.4) is 0 Å². The molecular formula is C15H29NO2. The van der Waals surface area contributed by atoms with Gasteiger partial charge in [0.25, 0.3) is 0 Å². The normalized spacial score (nSPS) is 20.7. The number of hydrogen-bond acceptors (Lipinski definition) is 2. The summed E-state index contributed by atoms with van der Waals surface area (Å²) in [5.74, 6) is 0.205. The van der Waals surface area contributed by atoms with Gasteiger partial charge in [0.05, 0.1) is 0 Å². The molecule has 106 valence electrons. The molecule has 0 saturated heterocycles. The van der Waals surface area contributed by atoms with Crippen LogP contribution in [0.4, 0.5) is 0 Å². The van der Waals surface area contributed by atoms with Crippen molar-refractivity contribution in [3.8, 4) is 0 Å². The first kappa shape index (κ1) is 15.5. The fraction of sp³-hybridized carbons (Fsp3) is 0.933. The Morgan fingerprint density at radius 1 is 1.33 bits per heavy atom. The van der Waals surface area contributed by atoms with E-state index in [0.29, 0.717) is 6.42 Å². The topological polar surface area (TPSA) is 49.3 Å². The predicted molar refractivity (Wildman–Crippen MR) is 74.3 cm³/mol. The minimum Gasteiger partial charge on any atom is -0.396 e. The molecule has 1 aliphatic rings. The van der Waals surface area contributed by atoms with Crippen LogP contribution < -0.4 is 5.32 Å². The number of amides is 1. The average molecular weight is 255 g/mol. The third-order valence-corrected chi connectivity index (χ3v) is 4.49. The summed E-state index contributed by atoms with van der Waals surface area (Å²) in [6.45, 7) is 8.58. The van der Waals surface area contributed by atoms with Crippen LogP contribution in [0, 0.1) is 10.8 Å². The second kappa shape index (κ2) is 6.05. The molecule has 0 spiro atoms. The van der Waals surface area contributed by atoms with Crippen LogP contribution in [0.2, 0.25) is 0 Å². The van der Waals surface area contributed by atoms with Gasteiger partial charge in [0, 0.05) is 18.1 Å². The van der Waals surface area contributed by atoms with Crippen LogP contribution in [0.15, 0.2) is 0 Å². The zero-order chi connectivity index (χ0) is 13.8. The van der Waals surface area contributed by atoms with Gasteiger partial charge in [0.1, 0.15) is 0 Å². The number of carbonyl (C=O) groups excluding carboxylic acids is 1. The average Bonchev–Trinajstić information content (AvgIpc) is 2.76. The van der Waals surface area contributed by atoms with E-state index in [1.54, 1.807) is 0 Å². The Bertz CT molecular complexity index is 275. The standard InChI is InChI=1S/C15H29NO2/c1-5-15(9-6-7-10-15)13(18)16-12(8-11-17)14(2,3)4/h12,17H,5-11H2,1-4H3,(H,16,18). The molecule has 0 aromatic heterocycles. The molecule has 18 heavy (non-hydrogen) atoms. The third-order valence-electron chi connectivity index (χ3n) is 4.49. The van der Waals surface area contributed by atoms with Crippen molar-refractivity contribution in [2.24, 2.45) is 10.8 Å². The lowest BCUT2D eigenvalue weighted by atomic mass is 9.80. The number of carbonyl (C=O) groups is 1. The SMILES string of the molecule is CCC1(C(=O)NC(CCO)C(C)(C)C)CCCC1. The lowest BCUT2D eigenvalue weighted by Crippen LogP contribution is -2.49. The molecule has 1 unspecified atom stereocenters. The number of hydrogen-bond donors (Lipinski definition) is 2. The van der Waals surface area contributed by atoms with Gasteiger partial charge in [0.2, 0.25) is 5.91 Å². The molecule has 1 amide bonds. The van der Waals surface area contributed by atoms with Gasteiger partial charge >= 0.3 is 0 Å². The number of aliphatic hydroxyl groups is 1. The van der Waals surface area contributed by atoms with Crippen molar-refractivity contribution in [3.63, 3.8) is 0 Å². The van der Waals surface area contributed by atoms with Crippen LogP contribution >= 0.6 is 0 Å². The summed E-state index contributed by atoms with van der Waals surface area (Å²) in [5, 5.41) is 12.3. The van der Waals surface area contributed by atoms with Gasteiger partial charge in [-0.2, -0.15) is 0 Å². The second-order valence-corrected chi connectivity index (χ2v) is 6.75. The quantitative estimate of drug-likeness (QED) is 0.793. The van der Waals surface area contributed by atoms with Gasteiger partial charge in [-0.05, 0) is 31.1 Å². The van der Waals surface area contributed by atoms with Gasteiger partial charge < -0.3 is 10.4 Å². The molecule has 2 N–H and O–H groups in total. The molecule has 1 rings (SSSR count). The highest BCUT2D eigenvalue weighted by Gasteiger charge is 2.41. The zero-order valence-corrected chi connectivity index (χ0v) is 12.4. The minimum atomic E-state index is -0.140. The Kier molecular flexibility index (Phi) is 5.20. The van der Waals surface area contributed by atoms with E-state index in [1.165, 1.54) is 12.8 Å². The highest BCUT2D eigenvalue weighted by Crippen LogP contribution is 2.41. The van der Waals surface area contributed by atoms with E-state index in [9.17, 15) is 4.79 Å². The van der Waals surface area contributed by atoms with Crippen LogP contribution in [0.25, 0.3) is 0 Å². The maximum Gasteiger partial charge on any atom is 0.226 e. The largest absolute Gasteiger partial charge is 0.396 e. The van der Waals surface area contributed by atoms with Gasteiger partial charge in [-0.25, -0.2) is 0 Å². The summed E-state index contributed by atoms with van der Waals surface area (Å²) in [6, 6.07) is 0.0547. The molecular weight excluding hydrogens is 226 g/mol. The summed E-state index contributed by atoms with van der Waals surface area (Å²) in [5.41, 5.74) is -0.148. The first-order chi connectivity index (χ1) is 8.35. The van der Waals surface area contributed by atoms with Crippen molar-refractivity contribution in [1.82, 2.24) is 5.32 Å². The van der Waals surface area contributed by atoms with Crippen molar-refractivity contribution in [1.29, 1.82) is 0 Å². The van der Waals surface area contributed by atoms with Gasteiger partial charge in [-0.3, -0.25) is 4.79 Å². The molecule has 0 bridgehead atoms. The molecule has 3 heteroatoms. The Morgan fingerprint density at radius 2 is 1.89 bits per heavy atom. The highest BCUT2D eigenvalue weighted by atomic mass is 16.3. The number of nitrogens with one attached hydrogen (secondary N) is 1. The van der Waals surface area contributed by atoms with E-state index in [2.05, 4.69) is 33.0 Å². The number of aliphatic hydroxyl groups excluding tert-OH is 1. The molecule has 1 atom stereocenters. The van der Waals surface area contributed by atoms with Gasteiger partial charge in [0.15, 0.2) is 0 Å². The van der Waals surface area contributed by atoms with Crippen LogP contribution in [-0.2, 0) is 4.79 Å². The molecule has 0 heterocycles. The van der Waals surface area contributed by atoms with Crippen LogP contribution in [0.1, 0.15) is 66.2 Å². The van der Waals surface area contributed by atoms with Gasteiger partial charge in [-0.1, -0.05) is 40.5 Å². The molecule has 0 aromatic carbocycles. The second-order valence-electron chi connectivity index (χ2n) is 6.75. The summed E-state index contributed by atoms with van der Waals surface area (Å²) in [4.78, 5) is 12.5. The summed E-state index contributed by atoms with van der Waals surface area (Å²) >= 11 is 0. The first-order valence-corrected chi connectivity index (χ1v) is 7.27. The first-order valence-electron chi connectivity index (χ1n) is 7.27. The molecule has 1 aliphatic carbocycles. The Labute approximate surface area is 111 Å². The minimum absolute atomic E-state index is 0.00801. The van der Waals surface area contributed by atoms with Gasteiger partial charge in [-0.15, -0.1) is 0 Å². The summed E-state index contributed by atoms with van der Waals surface area (Å²) < 4.78 is 0. The van der Waals surface area contributed by atoms with Crippen LogP contribution in [0.5, 0.6) is 0 Å². The van der Waals surface area contributed by atoms with Crippen molar-refractivity contribution >= 4 is 5.91 Å². The molecule has 3 nitrogen and oxygen atoms in total.